The summed E-state index contributed by atoms with van der Waals surface area (Å²) in [6, 6.07) is 12.6. The largest absolute Gasteiger partial charge is 0.372 e. The molecule has 0 aliphatic carbocycles. The quantitative estimate of drug-likeness (QED) is 0.400. The lowest BCUT2D eigenvalue weighted by Crippen LogP contribution is -2.34. The van der Waals surface area contributed by atoms with Gasteiger partial charge in [0.25, 0.3) is 15.6 Å². The Bertz CT molecular complexity index is 1580. The zero-order chi connectivity index (χ0) is 24.6. The molecule has 0 atom stereocenters. The minimum absolute atomic E-state index is 0.0747. The van der Waals surface area contributed by atoms with E-state index in [2.05, 4.69) is 15.2 Å². The highest BCUT2D eigenvalue weighted by Gasteiger charge is 2.20. The molecule has 1 aliphatic rings. The second-order valence-corrected chi connectivity index (χ2v) is 11.6. The van der Waals surface area contributed by atoms with Gasteiger partial charge in [-0.15, -0.1) is 11.3 Å². The summed E-state index contributed by atoms with van der Waals surface area (Å²) in [6.07, 6.45) is 5.37. The number of fused-ring (bicyclic) bond motifs is 1. The van der Waals surface area contributed by atoms with Crippen LogP contribution in [0.1, 0.15) is 12.8 Å². The molecule has 2 amide bonds. The Hall–Kier alpha value is -3.41. The first-order valence-corrected chi connectivity index (χ1v) is 13.4. The Labute approximate surface area is 210 Å². The van der Waals surface area contributed by atoms with Crippen LogP contribution in [0, 0.1) is 0 Å². The number of amides is 2. The molecule has 0 unspecified atom stereocenters. The van der Waals surface area contributed by atoms with Crippen LogP contribution < -0.4 is 20.5 Å². The first-order valence-electron chi connectivity index (χ1n) is 10.8. The summed E-state index contributed by atoms with van der Waals surface area (Å²) in [5.74, 6) is 0.368. The number of nitrogens with zero attached hydrogens (tertiary/aromatic N) is 3. The van der Waals surface area contributed by atoms with Crippen molar-refractivity contribution in [1.29, 1.82) is 0 Å². The fourth-order valence-electron chi connectivity index (χ4n) is 3.96. The highest BCUT2D eigenvalue weighted by molar-refractivity contribution is 7.92. The molecule has 1 aliphatic heterocycles. The Kier molecular flexibility index (Phi) is 6.22. The number of nitrogens with one attached hydrogen (secondary N) is 2. The standard InChI is InChI=1S/C23H20ClN5O4S2/c24-19-6-8-21(34-19)35(32,33)27-23(31)26-16-3-7-20(25-14-16)29-12-9-15-13-17(28-10-1-2-11-28)4-5-18(15)22(29)30/h3-9,12-14H,1-2,10-11H2,(H2,26,27,31). The average Bonchev–Trinajstić information content (AvgIpc) is 3.52. The van der Waals surface area contributed by atoms with Crippen molar-refractivity contribution in [3.05, 3.63) is 75.6 Å². The zero-order valence-corrected chi connectivity index (χ0v) is 20.7. The van der Waals surface area contributed by atoms with E-state index >= 15 is 0 Å². The molecule has 180 valence electrons. The van der Waals surface area contributed by atoms with Gasteiger partial charge >= 0.3 is 6.03 Å². The van der Waals surface area contributed by atoms with E-state index < -0.39 is 16.1 Å². The SMILES string of the molecule is O=C(Nc1ccc(-n2ccc3cc(N4CCCC4)ccc3c2=O)nc1)NS(=O)(=O)c1ccc(Cl)s1. The van der Waals surface area contributed by atoms with E-state index in [1.807, 2.05) is 29.0 Å². The van der Waals surface area contributed by atoms with Crippen LogP contribution in [0.2, 0.25) is 4.34 Å². The first kappa shape index (κ1) is 23.3. The molecule has 4 heterocycles. The molecule has 4 aromatic rings. The third-order valence-corrected chi connectivity index (χ3v) is 8.71. The summed E-state index contributed by atoms with van der Waals surface area (Å²) in [7, 11) is -4.04. The van der Waals surface area contributed by atoms with Crippen LogP contribution in [-0.4, -0.2) is 37.1 Å². The molecule has 0 radical (unpaired) electrons. The van der Waals surface area contributed by atoms with Crippen molar-refractivity contribution in [2.45, 2.75) is 17.1 Å². The first-order chi connectivity index (χ1) is 16.8. The predicted octanol–water partition coefficient (Wildman–Crippen LogP) is 4.21. The van der Waals surface area contributed by atoms with Gasteiger partial charge < -0.3 is 10.2 Å². The molecule has 1 fully saturated rings. The number of anilines is 2. The topological polar surface area (TPSA) is 113 Å². The van der Waals surface area contributed by atoms with E-state index in [9.17, 15) is 18.0 Å². The van der Waals surface area contributed by atoms with E-state index in [1.165, 1.54) is 41.8 Å². The van der Waals surface area contributed by atoms with Crippen LogP contribution >= 0.6 is 22.9 Å². The molecule has 2 N–H and O–H groups in total. The maximum atomic E-state index is 13.1. The monoisotopic (exact) mass is 529 g/mol. The van der Waals surface area contributed by atoms with Gasteiger partial charge in [-0.25, -0.2) is 22.9 Å². The number of hydrogen-bond acceptors (Lipinski definition) is 7. The molecule has 0 saturated carbocycles. The molecule has 0 bridgehead atoms. The summed E-state index contributed by atoms with van der Waals surface area (Å²) < 4.78 is 28.1. The third kappa shape index (κ3) is 4.88. The average molecular weight is 530 g/mol. The third-order valence-electron chi connectivity index (χ3n) is 5.65. The Morgan fingerprint density at radius 1 is 1.06 bits per heavy atom. The summed E-state index contributed by atoms with van der Waals surface area (Å²) in [4.78, 5) is 31.8. The number of carbonyl (C=O) groups excluding carboxylic acids is 1. The highest BCUT2D eigenvalue weighted by atomic mass is 35.5. The maximum absolute atomic E-state index is 13.1. The van der Waals surface area contributed by atoms with E-state index in [-0.39, 0.29) is 15.5 Å². The van der Waals surface area contributed by atoms with Gasteiger partial charge in [0, 0.05) is 30.4 Å². The number of aromatic nitrogens is 2. The lowest BCUT2D eigenvalue weighted by molar-refractivity contribution is 0.256. The number of pyridine rings is 2. The summed E-state index contributed by atoms with van der Waals surface area (Å²) in [5.41, 5.74) is 1.17. The van der Waals surface area contributed by atoms with Crippen molar-refractivity contribution >= 4 is 61.1 Å². The number of hydrogen-bond donors (Lipinski definition) is 2. The number of sulfonamides is 1. The van der Waals surface area contributed by atoms with Crippen molar-refractivity contribution in [2.75, 3.05) is 23.3 Å². The summed E-state index contributed by atoms with van der Waals surface area (Å²) in [6.45, 7) is 2.05. The van der Waals surface area contributed by atoms with Gasteiger partial charge in [0.05, 0.1) is 16.2 Å². The van der Waals surface area contributed by atoms with Crippen molar-refractivity contribution < 1.29 is 13.2 Å². The van der Waals surface area contributed by atoms with Crippen LogP contribution in [0.5, 0.6) is 0 Å². The van der Waals surface area contributed by atoms with Crippen molar-refractivity contribution in [3.63, 3.8) is 0 Å². The molecule has 5 rings (SSSR count). The molecular weight excluding hydrogens is 510 g/mol. The fourth-order valence-corrected chi connectivity index (χ4v) is 6.35. The van der Waals surface area contributed by atoms with Gasteiger partial charge in [0.15, 0.2) is 0 Å². The molecular formula is C23H20ClN5O4S2. The van der Waals surface area contributed by atoms with Crippen molar-refractivity contribution in [3.8, 4) is 5.82 Å². The van der Waals surface area contributed by atoms with Crippen LogP contribution in [-0.2, 0) is 10.0 Å². The van der Waals surface area contributed by atoms with E-state index in [1.54, 1.807) is 12.3 Å². The number of urea groups is 1. The van der Waals surface area contributed by atoms with Gasteiger partial charge in [-0.05, 0) is 66.8 Å². The van der Waals surface area contributed by atoms with E-state index in [0.717, 1.165) is 35.5 Å². The van der Waals surface area contributed by atoms with Crippen molar-refractivity contribution in [1.82, 2.24) is 14.3 Å². The summed E-state index contributed by atoms with van der Waals surface area (Å²) in [5, 5.41) is 3.86. The number of rotatable bonds is 5. The van der Waals surface area contributed by atoms with Crippen molar-refractivity contribution in [2.24, 2.45) is 0 Å². The molecule has 35 heavy (non-hydrogen) atoms. The smallest absolute Gasteiger partial charge is 0.333 e. The second kappa shape index (κ2) is 9.33. The number of halogens is 1. The molecule has 9 nitrogen and oxygen atoms in total. The lowest BCUT2D eigenvalue weighted by atomic mass is 10.1. The lowest BCUT2D eigenvalue weighted by Gasteiger charge is -2.18. The molecule has 3 aromatic heterocycles. The predicted molar refractivity (Wildman–Crippen MR) is 137 cm³/mol. The molecule has 0 spiro atoms. The van der Waals surface area contributed by atoms with Crippen LogP contribution in [0.15, 0.2) is 69.9 Å². The van der Waals surface area contributed by atoms with Gasteiger partial charge in [-0.2, -0.15) is 0 Å². The van der Waals surface area contributed by atoms with Gasteiger partial charge in [0.2, 0.25) is 0 Å². The fraction of sp³-hybridized carbons (Fsp3) is 0.174. The highest BCUT2D eigenvalue weighted by Crippen LogP contribution is 2.26. The van der Waals surface area contributed by atoms with Gasteiger partial charge in [-0.1, -0.05) is 11.6 Å². The van der Waals surface area contributed by atoms with Gasteiger partial charge in [-0.3, -0.25) is 9.36 Å². The van der Waals surface area contributed by atoms with E-state index in [4.69, 9.17) is 11.6 Å². The number of carbonyl (C=O) groups is 1. The Morgan fingerprint density at radius 3 is 2.54 bits per heavy atom. The molecule has 1 aromatic carbocycles. The van der Waals surface area contributed by atoms with Crippen LogP contribution in [0.25, 0.3) is 16.6 Å². The number of benzene rings is 1. The Morgan fingerprint density at radius 2 is 1.86 bits per heavy atom. The maximum Gasteiger partial charge on any atom is 0.333 e. The minimum Gasteiger partial charge on any atom is -0.372 e. The normalized spacial score (nSPS) is 13.8. The van der Waals surface area contributed by atoms with E-state index in [0.29, 0.717) is 15.5 Å². The van der Waals surface area contributed by atoms with Crippen LogP contribution in [0.3, 0.4) is 0 Å². The minimum atomic E-state index is -4.04. The van der Waals surface area contributed by atoms with Crippen LogP contribution in [0.4, 0.5) is 16.2 Å². The van der Waals surface area contributed by atoms with Gasteiger partial charge in [0.1, 0.15) is 10.0 Å². The Balaban J connectivity index is 1.32. The second-order valence-electron chi connectivity index (χ2n) is 7.98. The molecule has 12 heteroatoms. The zero-order valence-electron chi connectivity index (χ0n) is 18.3. The summed E-state index contributed by atoms with van der Waals surface area (Å²) >= 11 is 6.61. The number of thiophene rings is 1. The molecule has 1 saturated heterocycles.